The summed E-state index contributed by atoms with van der Waals surface area (Å²) in [5.74, 6) is -0.977. The molecule has 0 saturated heterocycles. The van der Waals surface area contributed by atoms with Crippen molar-refractivity contribution >= 4 is 12.4 Å². The van der Waals surface area contributed by atoms with Crippen LogP contribution in [0.3, 0.4) is 0 Å². The first-order chi connectivity index (χ1) is 18.8. The predicted molar refractivity (Wildman–Crippen MR) is 146 cm³/mol. The number of benzene rings is 3. The quantitative estimate of drug-likeness (QED) is 0.243. The van der Waals surface area contributed by atoms with Crippen molar-refractivity contribution in [3.63, 3.8) is 0 Å². The Hall–Kier alpha value is -3.82. The molecular formula is C30H36F2N2O5. The molecule has 0 bridgehead atoms. The van der Waals surface area contributed by atoms with Crippen molar-refractivity contribution in [2.24, 2.45) is 0 Å². The second-order valence-electron chi connectivity index (χ2n) is 8.89. The molecule has 0 aliphatic rings. The minimum Gasteiger partial charge on any atom is -0.494 e. The number of hydrogen-bond donors (Lipinski definition) is 4. The fourth-order valence-corrected chi connectivity index (χ4v) is 4.05. The van der Waals surface area contributed by atoms with Gasteiger partial charge in [-0.05, 0) is 66.3 Å². The highest BCUT2D eigenvalue weighted by atomic mass is 19.1. The number of carbonyl (C=O) groups excluding carboxylic acids is 1. The average molecular weight is 543 g/mol. The van der Waals surface area contributed by atoms with Crippen molar-refractivity contribution < 1.29 is 33.3 Å². The zero-order valence-electron chi connectivity index (χ0n) is 22.2. The van der Waals surface area contributed by atoms with E-state index in [0.717, 1.165) is 29.4 Å². The van der Waals surface area contributed by atoms with Crippen LogP contribution in [0.15, 0.2) is 66.7 Å². The highest BCUT2D eigenvalue weighted by Crippen LogP contribution is 2.15. The van der Waals surface area contributed by atoms with Gasteiger partial charge in [-0.2, -0.15) is 0 Å². The summed E-state index contributed by atoms with van der Waals surface area (Å²) in [5.41, 5.74) is 3.45. The number of rotatable bonds is 13. The van der Waals surface area contributed by atoms with E-state index in [1.54, 1.807) is 12.1 Å². The van der Waals surface area contributed by atoms with E-state index < -0.39 is 23.8 Å². The van der Waals surface area contributed by atoms with Gasteiger partial charge in [-0.25, -0.2) is 8.78 Å². The molecule has 1 amide bonds. The molecule has 3 aromatic carbocycles. The first-order valence-corrected chi connectivity index (χ1v) is 12.8. The number of amides is 1. The number of aliphatic hydroxyl groups is 1. The molecule has 3 rings (SSSR count). The molecule has 0 spiro atoms. The van der Waals surface area contributed by atoms with Crippen LogP contribution in [0, 0.1) is 11.6 Å². The summed E-state index contributed by atoms with van der Waals surface area (Å²) in [6, 6.07) is 17.9. The molecule has 0 aliphatic heterocycles. The third-order valence-corrected chi connectivity index (χ3v) is 5.87. The van der Waals surface area contributed by atoms with E-state index in [4.69, 9.17) is 14.6 Å². The fraction of sp³-hybridized carbons (Fsp3) is 0.333. The molecule has 0 unspecified atom stereocenters. The Kier molecular flexibility index (Phi) is 13.6. The van der Waals surface area contributed by atoms with Gasteiger partial charge in [0.2, 0.25) is 5.91 Å². The fourth-order valence-electron chi connectivity index (χ4n) is 4.05. The summed E-state index contributed by atoms with van der Waals surface area (Å²) in [7, 11) is 0. The van der Waals surface area contributed by atoms with E-state index >= 15 is 0 Å². The number of ether oxygens (including phenoxy) is 1. The number of aryl methyl sites for hydroxylation is 1. The van der Waals surface area contributed by atoms with Crippen LogP contribution in [0.2, 0.25) is 0 Å². The maximum atomic E-state index is 13.8. The molecule has 2 atom stereocenters. The Morgan fingerprint density at radius 2 is 1.59 bits per heavy atom. The van der Waals surface area contributed by atoms with Crippen molar-refractivity contribution in [3.8, 4) is 5.75 Å². The molecule has 0 aromatic heterocycles. The number of hydrogen-bond acceptors (Lipinski definition) is 5. The molecule has 7 nitrogen and oxygen atoms in total. The van der Waals surface area contributed by atoms with Crippen LogP contribution < -0.4 is 15.4 Å². The van der Waals surface area contributed by atoms with Crippen LogP contribution in [0.25, 0.3) is 0 Å². The number of nitrogens with one attached hydrogen (secondary N) is 2. The predicted octanol–water partition coefficient (Wildman–Crippen LogP) is 4.05. The minimum atomic E-state index is -0.977. The van der Waals surface area contributed by atoms with E-state index in [2.05, 4.69) is 29.7 Å². The first kappa shape index (κ1) is 31.4. The number of aliphatic hydroxyl groups excluding tert-OH is 1. The number of halogens is 2. The van der Waals surface area contributed by atoms with E-state index in [9.17, 15) is 18.7 Å². The van der Waals surface area contributed by atoms with Crippen molar-refractivity contribution in [3.05, 3.63) is 101 Å². The van der Waals surface area contributed by atoms with Gasteiger partial charge in [-0.15, -0.1) is 0 Å². The van der Waals surface area contributed by atoms with E-state index in [1.807, 2.05) is 31.2 Å². The van der Waals surface area contributed by atoms with Gasteiger partial charge in [0.1, 0.15) is 17.4 Å². The van der Waals surface area contributed by atoms with Crippen LogP contribution in [0.5, 0.6) is 5.75 Å². The maximum absolute atomic E-state index is 13.8. The highest BCUT2D eigenvalue weighted by molar-refractivity contribution is 5.79. The van der Waals surface area contributed by atoms with Gasteiger partial charge in [-0.3, -0.25) is 9.59 Å². The van der Waals surface area contributed by atoms with Gasteiger partial charge in [0.15, 0.2) is 0 Å². The van der Waals surface area contributed by atoms with Gasteiger partial charge in [0.25, 0.3) is 6.47 Å². The lowest BCUT2D eigenvalue weighted by Crippen LogP contribution is -2.49. The van der Waals surface area contributed by atoms with Crippen molar-refractivity contribution in [2.45, 2.75) is 51.8 Å². The Morgan fingerprint density at radius 1 is 0.949 bits per heavy atom. The van der Waals surface area contributed by atoms with Crippen molar-refractivity contribution in [2.75, 3.05) is 13.2 Å². The SMILES string of the molecule is CCOc1ccc(CC(=O)N[C@@H](Cc2cc(F)cc(F)c2)[C@H](O)CNCc2cccc(CC)c2)cc1.O=CO. The molecule has 210 valence electrons. The lowest BCUT2D eigenvalue weighted by molar-refractivity contribution is -0.123. The lowest BCUT2D eigenvalue weighted by atomic mass is 10.00. The summed E-state index contributed by atoms with van der Waals surface area (Å²) in [5, 5.41) is 23.9. The molecule has 0 fully saturated rings. The van der Waals surface area contributed by atoms with Crippen LogP contribution in [-0.2, 0) is 35.4 Å². The third-order valence-electron chi connectivity index (χ3n) is 5.87. The smallest absolute Gasteiger partial charge is 0.290 e. The summed E-state index contributed by atoms with van der Waals surface area (Å²) in [6.07, 6.45) is 0.140. The molecule has 0 radical (unpaired) electrons. The van der Waals surface area contributed by atoms with E-state index in [-0.39, 0.29) is 31.8 Å². The van der Waals surface area contributed by atoms with Gasteiger partial charge in [0, 0.05) is 19.2 Å². The molecule has 0 saturated carbocycles. The van der Waals surface area contributed by atoms with E-state index in [1.165, 1.54) is 17.7 Å². The maximum Gasteiger partial charge on any atom is 0.290 e. The molecule has 0 aliphatic carbocycles. The van der Waals surface area contributed by atoms with Gasteiger partial charge in [0.05, 0.1) is 25.2 Å². The van der Waals surface area contributed by atoms with Gasteiger partial charge < -0.3 is 25.6 Å². The Balaban J connectivity index is 0.00000170. The van der Waals surface area contributed by atoms with Gasteiger partial charge in [-0.1, -0.05) is 43.3 Å². The average Bonchev–Trinajstić information content (AvgIpc) is 2.89. The minimum absolute atomic E-state index is 0.0812. The molecule has 39 heavy (non-hydrogen) atoms. The zero-order valence-corrected chi connectivity index (χ0v) is 22.2. The zero-order chi connectivity index (χ0) is 28.6. The van der Waals surface area contributed by atoms with Gasteiger partial charge >= 0.3 is 0 Å². The second kappa shape index (κ2) is 16.9. The molecule has 3 aromatic rings. The Morgan fingerprint density at radius 3 is 2.21 bits per heavy atom. The standard InChI is InChI=1S/C29H34F2N2O3.CH2O2/c1-3-20-6-5-7-22(12-20)18-32-19-28(34)27(15-23-13-24(30)17-25(31)14-23)33-29(35)16-21-8-10-26(11-9-21)36-4-2;2-1-3/h5-14,17,27-28,32,34H,3-4,15-16,18-19H2,1-2H3,(H,33,35);1H,(H,2,3)/t27-,28+;/m0./s1. The van der Waals surface area contributed by atoms with Crippen LogP contribution in [0.1, 0.15) is 36.1 Å². The topological polar surface area (TPSA) is 108 Å². The first-order valence-electron chi connectivity index (χ1n) is 12.8. The third kappa shape index (κ3) is 11.6. The molecular weight excluding hydrogens is 506 g/mol. The summed E-state index contributed by atoms with van der Waals surface area (Å²) < 4.78 is 32.9. The van der Waals surface area contributed by atoms with Crippen molar-refractivity contribution in [1.29, 1.82) is 0 Å². The summed E-state index contributed by atoms with van der Waals surface area (Å²) in [6.45, 7) is 5.03. The largest absolute Gasteiger partial charge is 0.494 e. The molecule has 0 heterocycles. The number of carbonyl (C=O) groups is 2. The Bertz CT molecular complexity index is 1150. The normalized spacial score (nSPS) is 12.0. The van der Waals surface area contributed by atoms with E-state index in [0.29, 0.717) is 18.7 Å². The summed E-state index contributed by atoms with van der Waals surface area (Å²) in [4.78, 5) is 21.2. The lowest BCUT2D eigenvalue weighted by Gasteiger charge is -2.25. The monoisotopic (exact) mass is 542 g/mol. The Labute approximate surface area is 227 Å². The number of carboxylic acid groups (broad SMARTS) is 1. The van der Waals surface area contributed by atoms with Crippen LogP contribution in [-0.4, -0.2) is 47.9 Å². The van der Waals surface area contributed by atoms with Crippen LogP contribution in [0.4, 0.5) is 8.78 Å². The second-order valence-corrected chi connectivity index (χ2v) is 8.89. The summed E-state index contributed by atoms with van der Waals surface area (Å²) >= 11 is 0. The van der Waals surface area contributed by atoms with Crippen LogP contribution >= 0.6 is 0 Å². The molecule has 9 heteroatoms. The molecule has 4 N–H and O–H groups in total. The highest BCUT2D eigenvalue weighted by Gasteiger charge is 2.22. The van der Waals surface area contributed by atoms with Crippen molar-refractivity contribution in [1.82, 2.24) is 10.6 Å².